The predicted octanol–water partition coefficient (Wildman–Crippen LogP) is 0.948. The van der Waals surface area contributed by atoms with E-state index in [-0.39, 0.29) is 30.0 Å². The fourth-order valence-electron chi connectivity index (χ4n) is 3.09. The summed E-state index contributed by atoms with van der Waals surface area (Å²) in [6.45, 7) is 1.45. The van der Waals surface area contributed by atoms with Gasteiger partial charge in [0.1, 0.15) is 0 Å². The van der Waals surface area contributed by atoms with Crippen LogP contribution in [0, 0.1) is 16.0 Å². The minimum atomic E-state index is -0.433. The maximum Gasteiger partial charge on any atom is 0.274 e. The number of amides is 1. The Labute approximate surface area is 139 Å². The minimum Gasteiger partial charge on any atom is -0.351 e. The summed E-state index contributed by atoms with van der Waals surface area (Å²) in [5.41, 5.74) is 1.54. The molecular weight excluding hydrogens is 310 g/mol. The lowest BCUT2D eigenvalue weighted by molar-refractivity contribution is -0.385. The third-order valence-electron chi connectivity index (χ3n) is 4.35. The van der Waals surface area contributed by atoms with Crippen molar-refractivity contribution in [2.24, 2.45) is 13.0 Å². The number of carbonyl (C=O) groups excluding carboxylic acids is 1. The standard InChI is InChI=1S/C16H19N5O3/c1-20-10-12(7-19-20)13-8-17-9-14(13)16(22)18-6-11-4-2-3-5-15(11)21(23)24/h2-5,7,10,13-14,17H,6,8-9H2,1H3,(H,18,22)/t13-,14+/m1/s1. The molecule has 0 spiro atoms. The Bertz CT molecular complexity index is 758. The van der Waals surface area contributed by atoms with Gasteiger partial charge >= 0.3 is 0 Å². The summed E-state index contributed by atoms with van der Waals surface area (Å²) in [5, 5.41) is 21.3. The van der Waals surface area contributed by atoms with E-state index in [1.807, 2.05) is 13.2 Å². The van der Waals surface area contributed by atoms with Crippen molar-refractivity contribution in [2.75, 3.05) is 13.1 Å². The van der Waals surface area contributed by atoms with Crippen LogP contribution in [0.15, 0.2) is 36.7 Å². The van der Waals surface area contributed by atoms with E-state index in [0.717, 1.165) is 12.1 Å². The van der Waals surface area contributed by atoms with Crippen molar-refractivity contribution in [3.8, 4) is 0 Å². The smallest absolute Gasteiger partial charge is 0.274 e. The number of nitrogens with zero attached hydrogens (tertiary/aromatic N) is 3. The third-order valence-corrected chi connectivity index (χ3v) is 4.35. The molecule has 126 valence electrons. The number of rotatable bonds is 5. The van der Waals surface area contributed by atoms with Gasteiger partial charge in [0.15, 0.2) is 0 Å². The van der Waals surface area contributed by atoms with Crippen molar-refractivity contribution in [2.45, 2.75) is 12.5 Å². The molecular formula is C16H19N5O3. The summed E-state index contributed by atoms with van der Waals surface area (Å²) in [6.07, 6.45) is 3.69. The molecule has 3 rings (SSSR count). The van der Waals surface area contributed by atoms with Gasteiger partial charge in [-0.15, -0.1) is 0 Å². The summed E-state index contributed by atoms with van der Waals surface area (Å²) in [7, 11) is 1.84. The average molecular weight is 329 g/mol. The average Bonchev–Trinajstić information content (AvgIpc) is 3.21. The van der Waals surface area contributed by atoms with Crippen LogP contribution in [0.3, 0.4) is 0 Å². The highest BCUT2D eigenvalue weighted by atomic mass is 16.6. The Balaban J connectivity index is 1.68. The Hall–Kier alpha value is -2.74. The number of nitrogens with one attached hydrogen (secondary N) is 2. The van der Waals surface area contributed by atoms with Crippen LogP contribution in [0.25, 0.3) is 0 Å². The number of para-hydroxylation sites is 1. The number of carbonyl (C=O) groups is 1. The number of benzene rings is 1. The number of aryl methyl sites for hydroxylation is 1. The molecule has 0 aliphatic carbocycles. The summed E-state index contributed by atoms with van der Waals surface area (Å²) >= 11 is 0. The second-order valence-corrected chi connectivity index (χ2v) is 5.92. The predicted molar refractivity (Wildman–Crippen MR) is 87.3 cm³/mol. The summed E-state index contributed by atoms with van der Waals surface area (Å²) in [5.74, 6) is -0.256. The number of nitro benzene ring substituents is 1. The van der Waals surface area contributed by atoms with Gasteiger partial charge in [0.2, 0.25) is 5.91 Å². The molecule has 2 atom stereocenters. The van der Waals surface area contributed by atoms with Crippen molar-refractivity contribution < 1.29 is 9.72 Å². The van der Waals surface area contributed by atoms with E-state index in [1.165, 1.54) is 6.07 Å². The molecule has 0 unspecified atom stereocenters. The van der Waals surface area contributed by atoms with E-state index in [2.05, 4.69) is 15.7 Å². The van der Waals surface area contributed by atoms with Gasteiger partial charge in [-0.25, -0.2) is 0 Å². The van der Waals surface area contributed by atoms with Crippen molar-refractivity contribution in [3.05, 3.63) is 57.9 Å². The second kappa shape index (κ2) is 6.79. The lowest BCUT2D eigenvalue weighted by Crippen LogP contribution is -2.34. The van der Waals surface area contributed by atoms with Crippen molar-refractivity contribution in [1.29, 1.82) is 0 Å². The fraction of sp³-hybridized carbons (Fsp3) is 0.375. The first-order valence-electron chi connectivity index (χ1n) is 7.75. The number of hydrogen-bond donors (Lipinski definition) is 2. The molecule has 8 heteroatoms. The largest absolute Gasteiger partial charge is 0.351 e. The van der Waals surface area contributed by atoms with Gasteiger partial charge in [0.05, 0.1) is 17.0 Å². The van der Waals surface area contributed by atoms with Crippen molar-refractivity contribution in [1.82, 2.24) is 20.4 Å². The number of nitro groups is 1. The molecule has 0 bridgehead atoms. The molecule has 1 amide bonds. The third kappa shape index (κ3) is 3.28. The summed E-state index contributed by atoms with van der Waals surface area (Å²) in [4.78, 5) is 23.1. The van der Waals surface area contributed by atoms with Crippen LogP contribution in [0.2, 0.25) is 0 Å². The maximum atomic E-state index is 12.5. The molecule has 1 aliphatic heterocycles. The van der Waals surface area contributed by atoms with Crippen LogP contribution < -0.4 is 10.6 Å². The van der Waals surface area contributed by atoms with E-state index in [1.54, 1.807) is 29.1 Å². The van der Waals surface area contributed by atoms with Gasteiger partial charge in [-0.2, -0.15) is 5.10 Å². The first-order chi connectivity index (χ1) is 11.6. The molecule has 1 aromatic heterocycles. The molecule has 1 fully saturated rings. The summed E-state index contributed by atoms with van der Waals surface area (Å²) < 4.78 is 1.72. The number of aromatic nitrogens is 2. The fourth-order valence-corrected chi connectivity index (χ4v) is 3.09. The number of hydrogen-bond acceptors (Lipinski definition) is 5. The van der Waals surface area contributed by atoms with Crippen molar-refractivity contribution in [3.63, 3.8) is 0 Å². The van der Waals surface area contributed by atoms with Gasteiger partial charge in [-0.05, 0) is 5.56 Å². The zero-order valence-electron chi connectivity index (χ0n) is 13.3. The Morgan fingerprint density at radius 1 is 1.46 bits per heavy atom. The van der Waals surface area contributed by atoms with Gasteiger partial charge < -0.3 is 10.6 Å². The van der Waals surface area contributed by atoms with Crippen LogP contribution >= 0.6 is 0 Å². The van der Waals surface area contributed by atoms with Crippen LogP contribution in [-0.4, -0.2) is 33.7 Å². The van der Waals surface area contributed by atoms with Crippen LogP contribution in [-0.2, 0) is 18.4 Å². The summed E-state index contributed by atoms with van der Waals surface area (Å²) in [6, 6.07) is 6.44. The Kier molecular flexibility index (Phi) is 4.57. The maximum absolute atomic E-state index is 12.5. The zero-order chi connectivity index (χ0) is 17.1. The Morgan fingerprint density at radius 3 is 2.96 bits per heavy atom. The molecule has 2 N–H and O–H groups in total. The molecule has 1 aromatic carbocycles. The zero-order valence-corrected chi connectivity index (χ0v) is 13.3. The quantitative estimate of drug-likeness (QED) is 0.628. The van der Waals surface area contributed by atoms with E-state index in [9.17, 15) is 14.9 Å². The molecule has 2 aromatic rings. The monoisotopic (exact) mass is 329 g/mol. The van der Waals surface area contributed by atoms with Crippen molar-refractivity contribution >= 4 is 11.6 Å². The van der Waals surface area contributed by atoms with Crippen LogP contribution in [0.5, 0.6) is 0 Å². The topological polar surface area (TPSA) is 102 Å². The molecule has 0 radical (unpaired) electrons. The van der Waals surface area contributed by atoms with Gasteiger partial charge in [-0.1, -0.05) is 18.2 Å². The molecule has 1 aliphatic rings. The lowest BCUT2D eigenvalue weighted by atomic mass is 9.90. The van der Waals surface area contributed by atoms with Gasteiger partial charge in [0, 0.05) is 50.4 Å². The van der Waals surface area contributed by atoms with E-state index < -0.39 is 4.92 Å². The van der Waals surface area contributed by atoms with E-state index >= 15 is 0 Å². The van der Waals surface area contributed by atoms with Gasteiger partial charge in [0.25, 0.3) is 5.69 Å². The highest BCUT2D eigenvalue weighted by Gasteiger charge is 2.34. The molecule has 2 heterocycles. The van der Waals surface area contributed by atoms with Crippen LogP contribution in [0.1, 0.15) is 17.0 Å². The minimum absolute atomic E-state index is 0.0196. The highest BCUT2D eigenvalue weighted by molar-refractivity contribution is 5.80. The molecule has 24 heavy (non-hydrogen) atoms. The highest BCUT2D eigenvalue weighted by Crippen LogP contribution is 2.28. The second-order valence-electron chi connectivity index (χ2n) is 5.92. The molecule has 1 saturated heterocycles. The molecule has 0 saturated carbocycles. The van der Waals surface area contributed by atoms with Crippen LogP contribution in [0.4, 0.5) is 5.69 Å². The first kappa shape index (κ1) is 16.1. The Morgan fingerprint density at radius 2 is 2.25 bits per heavy atom. The first-order valence-corrected chi connectivity index (χ1v) is 7.75. The van der Waals surface area contributed by atoms with Gasteiger partial charge in [-0.3, -0.25) is 19.6 Å². The van der Waals surface area contributed by atoms with E-state index in [4.69, 9.17) is 0 Å². The SMILES string of the molecule is Cn1cc([C@H]2CNC[C@@H]2C(=O)NCc2ccccc2[N+](=O)[O-])cn1. The van der Waals surface area contributed by atoms with E-state index in [0.29, 0.717) is 12.1 Å². The normalized spacial score (nSPS) is 20.0. The molecule has 8 nitrogen and oxygen atoms in total. The lowest BCUT2D eigenvalue weighted by Gasteiger charge is -2.17.